The van der Waals surface area contributed by atoms with Crippen LogP contribution in [0.5, 0.6) is 0 Å². The summed E-state index contributed by atoms with van der Waals surface area (Å²) in [5, 5.41) is 23.1. The molecular formula is C24H31F3N2O2. The molecule has 0 saturated heterocycles. The van der Waals surface area contributed by atoms with Gasteiger partial charge in [0.1, 0.15) is 0 Å². The molecule has 0 radical (unpaired) electrons. The number of rotatable bonds is 9. The third-order valence-corrected chi connectivity index (χ3v) is 6.06. The molecule has 4 nitrogen and oxygen atoms in total. The van der Waals surface area contributed by atoms with Crippen LogP contribution in [-0.4, -0.2) is 47.5 Å². The Morgan fingerprint density at radius 2 is 1.90 bits per heavy atom. The SMILES string of the molecule is CCN(CCO)CC(O)CCC1Cc2cc(C(F)(F)F)ccc2NC1c1ccccc1. The molecule has 3 unspecified atom stereocenters. The van der Waals surface area contributed by atoms with Gasteiger partial charge in [-0.25, -0.2) is 0 Å². The van der Waals surface area contributed by atoms with Gasteiger partial charge in [-0.05, 0) is 61.1 Å². The smallest absolute Gasteiger partial charge is 0.395 e. The van der Waals surface area contributed by atoms with Crippen LogP contribution in [-0.2, 0) is 12.6 Å². The van der Waals surface area contributed by atoms with Gasteiger partial charge >= 0.3 is 6.18 Å². The Balaban J connectivity index is 1.77. The van der Waals surface area contributed by atoms with Gasteiger partial charge in [0.2, 0.25) is 0 Å². The highest BCUT2D eigenvalue weighted by atomic mass is 19.4. The number of halogens is 3. The van der Waals surface area contributed by atoms with E-state index in [1.165, 1.54) is 12.1 Å². The second-order valence-corrected chi connectivity index (χ2v) is 8.21. The summed E-state index contributed by atoms with van der Waals surface area (Å²) in [6, 6.07) is 13.8. The molecule has 0 aromatic heterocycles. The topological polar surface area (TPSA) is 55.7 Å². The van der Waals surface area contributed by atoms with E-state index in [0.717, 1.165) is 23.9 Å². The lowest BCUT2D eigenvalue weighted by atomic mass is 9.80. The fraction of sp³-hybridized carbons (Fsp3) is 0.500. The number of fused-ring (bicyclic) bond motifs is 1. The summed E-state index contributed by atoms with van der Waals surface area (Å²) in [5.41, 5.74) is 1.85. The number of aliphatic hydroxyl groups is 2. The first-order valence-electron chi connectivity index (χ1n) is 10.8. The molecule has 3 rings (SSSR count). The highest BCUT2D eigenvalue weighted by Gasteiger charge is 2.34. The quantitative estimate of drug-likeness (QED) is 0.542. The predicted octanol–water partition coefficient (Wildman–Crippen LogP) is 4.49. The van der Waals surface area contributed by atoms with Crippen LogP contribution in [0.4, 0.5) is 18.9 Å². The zero-order valence-electron chi connectivity index (χ0n) is 17.8. The van der Waals surface area contributed by atoms with Gasteiger partial charge in [-0.15, -0.1) is 0 Å². The van der Waals surface area contributed by atoms with Crippen LogP contribution in [0.3, 0.4) is 0 Å². The Kier molecular flexibility index (Phi) is 7.97. The van der Waals surface area contributed by atoms with Crippen LogP contribution in [0.15, 0.2) is 48.5 Å². The highest BCUT2D eigenvalue weighted by molar-refractivity contribution is 5.57. The van der Waals surface area contributed by atoms with E-state index in [-0.39, 0.29) is 18.6 Å². The van der Waals surface area contributed by atoms with Gasteiger partial charge in [0.15, 0.2) is 0 Å². The number of aliphatic hydroxyl groups excluding tert-OH is 2. The fourth-order valence-corrected chi connectivity index (χ4v) is 4.37. The molecule has 7 heteroatoms. The lowest BCUT2D eigenvalue weighted by Gasteiger charge is -2.36. The van der Waals surface area contributed by atoms with Gasteiger partial charge < -0.3 is 15.5 Å². The Bertz CT molecular complexity index is 829. The second-order valence-electron chi connectivity index (χ2n) is 8.21. The maximum atomic E-state index is 13.2. The van der Waals surface area contributed by atoms with Crippen molar-refractivity contribution in [3.8, 4) is 0 Å². The molecule has 1 aliphatic rings. The third-order valence-electron chi connectivity index (χ3n) is 6.06. The number of hydrogen-bond acceptors (Lipinski definition) is 4. The molecule has 170 valence electrons. The van der Waals surface area contributed by atoms with E-state index < -0.39 is 17.8 Å². The zero-order valence-corrected chi connectivity index (χ0v) is 17.8. The largest absolute Gasteiger partial charge is 0.416 e. The molecule has 31 heavy (non-hydrogen) atoms. The van der Waals surface area contributed by atoms with Gasteiger partial charge in [-0.2, -0.15) is 13.2 Å². The summed E-state index contributed by atoms with van der Waals surface area (Å²) in [5.74, 6) is 0.0564. The van der Waals surface area contributed by atoms with Crippen molar-refractivity contribution >= 4 is 5.69 Å². The minimum Gasteiger partial charge on any atom is -0.395 e. The number of hydrogen-bond donors (Lipinski definition) is 3. The van der Waals surface area contributed by atoms with Crippen LogP contribution >= 0.6 is 0 Å². The monoisotopic (exact) mass is 436 g/mol. The maximum absolute atomic E-state index is 13.2. The number of anilines is 1. The molecule has 3 atom stereocenters. The molecule has 2 aromatic carbocycles. The molecule has 1 heterocycles. The Labute approximate surface area is 181 Å². The first-order valence-corrected chi connectivity index (χ1v) is 10.8. The van der Waals surface area contributed by atoms with Crippen LogP contribution < -0.4 is 5.32 Å². The Morgan fingerprint density at radius 3 is 2.55 bits per heavy atom. The average molecular weight is 437 g/mol. The van der Waals surface area contributed by atoms with Gasteiger partial charge in [0, 0.05) is 18.8 Å². The first kappa shape index (κ1) is 23.6. The minimum atomic E-state index is -4.37. The summed E-state index contributed by atoms with van der Waals surface area (Å²) in [7, 11) is 0. The lowest BCUT2D eigenvalue weighted by Crippen LogP contribution is -2.35. The zero-order chi connectivity index (χ0) is 22.4. The van der Waals surface area contributed by atoms with E-state index in [1.54, 1.807) is 0 Å². The molecule has 0 spiro atoms. The Hall–Kier alpha value is -2.09. The van der Waals surface area contributed by atoms with E-state index >= 15 is 0 Å². The summed E-state index contributed by atoms with van der Waals surface area (Å²) in [6.45, 7) is 3.75. The number of nitrogens with one attached hydrogen (secondary N) is 1. The molecule has 0 aliphatic carbocycles. The second kappa shape index (κ2) is 10.5. The van der Waals surface area contributed by atoms with Crippen LogP contribution in [0.25, 0.3) is 0 Å². The van der Waals surface area contributed by atoms with Crippen LogP contribution in [0.1, 0.15) is 42.5 Å². The van der Waals surface area contributed by atoms with Crippen molar-refractivity contribution in [1.29, 1.82) is 0 Å². The highest BCUT2D eigenvalue weighted by Crippen LogP contribution is 2.41. The fourth-order valence-electron chi connectivity index (χ4n) is 4.37. The molecular weight excluding hydrogens is 405 g/mol. The molecule has 1 aliphatic heterocycles. The minimum absolute atomic E-state index is 0.0302. The van der Waals surface area contributed by atoms with Crippen molar-refractivity contribution in [3.05, 3.63) is 65.2 Å². The first-order chi connectivity index (χ1) is 14.8. The van der Waals surface area contributed by atoms with Crippen molar-refractivity contribution in [3.63, 3.8) is 0 Å². The van der Waals surface area contributed by atoms with E-state index in [9.17, 15) is 18.3 Å². The summed E-state index contributed by atoms with van der Waals surface area (Å²) >= 11 is 0. The summed E-state index contributed by atoms with van der Waals surface area (Å²) in [6.07, 6.45) is -3.17. The number of alkyl halides is 3. The van der Waals surface area contributed by atoms with E-state index in [0.29, 0.717) is 37.9 Å². The third kappa shape index (κ3) is 6.21. The van der Waals surface area contributed by atoms with Gasteiger partial charge in [-0.1, -0.05) is 37.3 Å². The van der Waals surface area contributed by atoms with E-state index in [1.807, 2.05) is 42.2 Å². The predicted molar refractivity (Wildman–Crippen MR) is 116 cm³/mol. The number of nitrogens with zero attached hydrogens (tertiary/aromatic N) is 1. The van der Waals surface area contributed by atoms with Crippen LogP contribution in [0, 0.1) is 5.92 Å². The lowest BCUT2D eigenvalue weighted by molar-refractivity contribution is -0.137. The van der Waals surface area contributed by atoms with Crippen molar-refractivity contribution < 1.29 is 23.4 Å². The maximum Gasteiger partial charge on any atom is 0.416 e. The van der Waals surface area contributed by atoms with Crippen molar-refractivity contribution in [2.75, 3.05) is 31.6 Å². The van der Waals surface area contributed by atoms with Gasteiger partial charge in [0.05, 0.1) is 24.3 Å². The van der Waals surface area contributed by atoms with Gasteiger partial charge in [0.25, 0.3) is 0 Å². The molecule has 0 amide bonds. The average Bonchev–Trinajstić information content (AvgIpc) is 2.76. The van der Waals surface area contributed by atoms with Crippen molar-refractivity contribution in [2.24, 2.45) is 5.92 Å². The van der Waals surface area contributed by atoms with Crippen molar-refractivity contribution in [1.82, 2.24) is 4.90 Å². The number of likely N-dealkylation sites (N-methyl/N-ethyl adjacent to an activating group) is 1. The van der Waals surface area contributed by atoms with E-state index in [4.69, 9.17) is 5.11 Å². The summed E-state index contributed by atoms with van der Waals surface area (Å²) < 4.78 is 39.6. The van der Waals surface area contributed by atoms with Crippen molar-refractivity contribution in [2.45, 2.75) is 44.5 Å². The molecule has 0 saturated carbocycles. The standard InChI is InChI=1S/C24H31F3N2O2/c1-2-29(12-13-30)16-21(31)10-8-18-14-19-15-20(24(25,26)27)9-11-22(19)28-23(18)17-6-4-3-5-7-17/h3-7,9,11,15,18,21,23,28,30-31H,2,8,10,12-14,16H2,1H3. The molecule has 0 fully saturated rings. The normalized spacial score (nSPS) is 19.7. The molecule has 0 bridgehead atoms. The van der Waals surface area contributed by atoms with E-state index in [2.05, 4.69) is 5.32 Å². The van der Waals surface area contributed by atoms with Gasteiger partial charge in [-0.3, -0.25) is 4.90 Å². The molecule has 3 N–H and O–H groups in total. The Morgan fingerprint density at radius 1 is 1.16 bits per heavy atom. The van der Waals surface area contributed by atoms with Crippen LogP contribution in [0.2, 0.25) is 0 Å². The summed E-state index contributed by atoms with van der Waals surface area (Å²) in [4.78, 5) is 1.99. The molecule has 2 aromatic rings. The number of benzene rings is 2.